The first kappa shape index (κ1) is 17.9. The van der Waals surface area contributed by atoms with Gasteiger partial charge in [0.2, 0.25) is 5.91 Å². The largest absolute Gasteiger partial charge is 0.377 e. The number of para-hydroxylation sites is 1. The number of hydrogen-bond donors (Lipinski definition) is 0. The molecule has 26 heavy (non-hydrogen) atoms. The SMILES string of the molecule is CN(C)c1ccccc1C(=O)N1CCN(Cc2cccc(F)c2)C(=O)C1. The Hall–Kier alpha value is -2.89. The van der Waals surface area contributed by atoms with Crippen LogP contribution in [0.5, 0.6) is 0 Å². The molecule has 0 spiro atoms. The van der Waals surface area contributed by atoms with Gasteiger partial charge in [-0.1, -0.05) is 24.3 Å². The summed E-state index contributed by atoms with van der Waals surface area (Å²) in [6.07, 6.45) is 0. The summed E-state index contributed by atoms with van der Waals surface area (Å²) in [6.45, 7) is 1.29. The summed E-state index contributed by atoms with van der Waals surface area (Å²) in [5.74, 6) is -0.590. The van der Waals surface area contributed by atoms with Crippen molar-refractivity contribution in [2.45, 2.75) is 6.54 Å². The lowest BCUT2D eigenvalue weighted by Gasteiger charge is -2.35. The smallest absolute Gasteiger partial charge is 0.256 e. The maximum Gasteiger partial charge on any atom is 0.256 e. The second-order valence-corrected chi connectivity index (χ2v) is 6.58. The molecule has 1 saturated heterocycles. The minimum Gasteiger partial charge on any atom is -0.377 e. The van der Waals surface area contributed by atoms with E-state index in [1.807, 2.05) is 37.2 Å². The van der Waals surface area contributed by atoms with E-state index in [1.165, 1.54) is 12.1 Å². The normalized spacial score (nSPS) is 14.5. The molecule has 0 aromatic heterocycles. The second kappa shape index (κ2) is 7.56. The molecule has 0 atom stereocenters. The molecule has 0 unspecified atom stereocenters. The van der Waals surface area contributed by atoms with Crippen molar-refractivity contribution in [3.05, 3.63) is 65.5 Å². The van der Waals surface area contributed by atoms with Gasteiger partial charge in [-0.25, -0.2) is 4.39 Å². The summed E-state index contributed by atoms with van der Waals surface area (Å²) >= 11 is 0. The van der Waals surface area contributed by atoms with E-state index in [0.717, 1.165) is 11.3 Å². The summed E-state index contributed by atoms with van der Waals surface area (Å²) in [5.41, 5.74) is 2.16. The number of amides is 2. The number of anilines is 1. The van der Waals surface area contributed by atoms with Crippen LogP contribution in [0.3, 0.4) is 0 Å². The van der Waals surface area contributed by atoms with Crippen molar-refractivity contribution >= 4 is 17.5 Å². The molecule has 5 nitrogen and oxygen atoms in total. The maximum atomic E-state index is 13.3. The Kier molecular flexibility index (Phi) is 5.21. The fraction of sp³-hybridized carbons (Fsp3) is 0.300. The lowest BCUT2D eigenvalue weighted by Crippen LogP contribution is -2.51. The van der Waals surface area contributed by atoms with Crippen molar-refractivity contribution in [3.63, 3.8) is 0 Å². The van der Waals surface area contributed by atoms with Crippen molar-refractivity contribution in [2.75, 3.05) is 38.6 Å². The van der Waals surface area contributed by atoms with Gasteiger partial charge in [-0.05, 0) is 29.8 Å². The molecule has 2 aromatic carbocycles. The van der Waals surface area contributed by atoms with Crippen LogP contribution in [-0.2, 0) is 11.3 Å². The van der Waals surface area contributed by atoms with Gasteiger partial charge in [-0.3, -0.25) is 9.59 Å². The van der Waals surface area contributed by atoms with E-state index in [1.54, 1.807) is 28.0 Å². The minimum atomic E-state index is -0.316. The van der Waals surface area contributed by atoms with Gasteiger partial charge in [0, 0.05) is 39.4 Å². The summed E-state index contributed by atoms with van der Waals surface area (Å²) in [5, 5.41) is 0. The van der Waals surface area contributed by atoms with Gasteiger partial charge in [0.1, 0.15) is 12.4 Å². The summed E-state index contributed by atoms with van der Waals surface area (Å²) in [7, 11) is 3.77. The predicted octanol–water partition coefficient (Wildman–Crippen LogP) is 2.38. The number of benzene rings is 2. The number of nitrogens with zero attached hydrogens (tertiary/aromatic N) is 3. The lowest BCUT2D eigenvalue weighted by molar-refractivity contribution is -0.135. The van der Waals surface area contributed by atoms with E-state index in [2.05, 4.69) is 0 Å². The molecule has 136 valence electrons. The standard InChI is InChI=1S/C20H22FN3O2/c1-22(2)18-9-4-3-8-17(18)20(26)24-11-10-23(19(25)14-24)13-15-6-5-7-16(21)12-15/h3-9,12H,10-11,13-14H2,1-2H3. The van der Waals surface area contributed by atoms with Gasteiger partial charge in [0.15, 0.2) is 0 Å². The van der Waals surface area contributed by atoms with Gasteiger partial charge in [-0.15, -0.1) is 0 Å². The van der Waals surface area contributed by atoms with Gasteiger partial charge in [0.25, 0.3) is 5.91 Å². The van der Waals surface area contributed by atoms with E-state index in [0.29, 0.717) is 25.2 Å². The fourth-order valence-electron chi connectivity index (χ4n) is 3.12. The third-order valence-corrected chi connectivity index (χ3v) is 4.48. The van der Waals surface area contributed by atoms with E-state index >= 15 is 0 Å². The molecule has 1 heterocycles. The van der Waals surface area contributed by atoms with Crippen LogP contribution in [0.25, 0.3) is 0 Å². The van der Waals surface area contributed by atoms with Crippen LogP contribution in [0.1, 0.15) is 15.9 Å². The molecule has 0 N–H and O–H groups in total. The van der Waals surface area contributed by atoms with Gasteiger partial charge >= 0.3 is 0 Å². The highest BCUT2D eigenvalue weighted by molar-refractivity contribution is 6.01. The number of hydrogen-bond acceptors (Lipinski definition) is 3. The van der Waals surface area contributed by atoms with E-state index in [-0.39, 0.29) is 24.2 Å². The predicted molar refractivity (Wildman–Crippen MR) is 98.5 cm³/mol. The molecule has 6 heteroatoms. The Morgan fingerprint density at radius 2 is 1.88 bits per heavy atom. The van der Waals surface area contributed by atoms with Crippen molar-refractivity contribution < 1.29 is 14.0 Å². The molecular formula is C20H22FN3O2. The summed E-state index contributed by atoms with van der Waals surface area (Å²) in [6, 6.07) is 13.6. The van der Waals surface area contributed by atoms with E-state index in [9.17, 15) is 14.0 Å². The average molecular weight is 355 g/mol. The Morgan fingerprint density at radius 3 is 2.58 bits per heavy atom. The molecule has 0 radical (unpaired) electrons. The van der Waals surface area contributed by atoms with Crippen LogP contribution < -0.4 is 4.90 Å². The second-order valence-electron chi connectivity index (χ2n) is 6.58. The van der Waals surface area contributed by atoms with Crippen molar-refractivity contribution in [3.8, 4) is 0 Å². The van der Waals surface area contributed by atoms with Crippen molar-refractivity contribution in [1.29, 1.82) is 0 Å². The number of carbonyl (C=O) groups is 2. The van der Waals surface area contributed by atoms with E-state index < -0.39 is 0 Å². The number of piperazine rings is 1. The zero-order chi connectivity index (χ0) is 18.7. The first-order chi connectivity index (χ1) is 12.5. The summed E-state index contributed by atoms with van der Waals surface area (Å²) in [4.78, 5) is 30.5. The van der Waals surface area contributed by atoms with Crippen LogP contribution in [0.15, 0.2) is 48.5 Å². The first-order valence-corrected chi connectivity index (χ1v) is 8.53. The first-order valence-electron chi connectivity index (χ1n) is 8.53. The summed E-state index contributed by atoms with van der Waals surface area (Å²) < 4.78 is 13.3. The molecule has 2 amide bonds. The fourth-order valence-corrected chi connectivity index (χ4v) is 3.12. The molecule has 0 bridgehead atoms. The van der Waals surface area contributed by atoms with E-state index in [4.69, 9.17) is 0 Å². The Morgan fingerprint density at radius 1 is 1.12 bits per heavy atom. The molecule has 0 saturated carbocycles. The molecule has 1 aliphatic rings. The van der Waals surface area contributed by atoms with Gasteiger partial charge in [0.05, 0.1) is 5.56 Å². The van der Waals surface area contributed by atoms with Crippen LogP contribution in [-0.4, -0.2) is 55.3 Å². The molecule has 2 aromatic rings. The zero-order valence-electron chi connectivity index (χ0n) is 15.0. The minimum absolute atomic E-state index is 0.0376. The zero-order valence-corrected chi connectivity index (χ0v) is 15.0. The lowest BCUT2D eigenvalue weighted by atomic mass is 10.1. The van der Waals surface area contributed by atoms with Crippen LogP contribution in [0.2, 0.25) is 0 Å². The molecule has 1 aliphatic heterocycles. The average Bonchev–Trinajstić information content (AvgIpc) is 2.63. The van der Waals surface area contributed by atoms with Crippen molar-refractivity contribution in [1.82, 2.24) is 9.80 Å². The highest BCUT2D eigenvalue weighted by Gasteiger charge is 2.29. The highest BCUT2D eigenvalue weighted by Crippen LogP contribution is 2.21. The van der Waals surface area contributed by atoms with Gasteiger partial charge < -0.3 is 14.7 Å². The van der Waals surface area contributed by atoms with Crippen LogP contribution in [0.4, 0.5) is 10.1 Å². The van der Waals surface area contributed by atoms with Crippen LogP contribution in [0, 0.1) is 5.82 Å². The number of carbonyl (C=O) groups excluding carboxylic acids is 2. The van der Waals surface area contributed by atoms with Gasteiger partial charge in [-0.2, -0.15) is 0 Å². The van der Waals surface area contributed by atoms with Crippen molar-refractivity contribution in [2.24, 2.45) is 0 Å². The monoisotopic (exact) mass is 355 g/mol. The Bertz CT molecular complexity index is 822. The quantitative estimate of drug-likeness (QED) is 0.846. The topological polar surface area (TPSA) is 43.9 Å². The number of halogens is 1. The molecule has 3 rings (SSSR count). The molecular weight excluding hydrogens is 333 g/mol. The highest BCUT2D eigenvalue weighted by atomic mass is 19.1. The third-order valence-electron chi connectivity index (χ3n) is 4.48. The molecule has 0 aliphatic carbocycles. The molecule has 1 fully saturated rings. The Balaban J connectivity index is 1.69. The third kappa shape index (κ3) is 3.85. The Labute approximate surface area is 152 Å². The number of rotatable bonds is 4. The van der Waals surface area contributed by atoms with Crippen LogP contribution >= 0.6 is 0 Å². The maximum absolute atomic E-state index is 13.3.